The molecule has 0 N–H and O–H groups in total. The summed E-state index contributed by atoms with van der Waals surface area (Å²) in [4.78, 5) is 8.06. The molecule has 2 aromatic heterocycles. The molecule has 48 heavy (non-hydrogen) atoms. The lowest BCUT2D eigenvalue weighted by Gasteiger charge is -2.11. The van der Waals surface area contributed by atoms with Crippen molar-refractivity contribution in [2.45, 2.75) is 13.1 Å². The topological polar surface area (TPSA) is 125 Å². The van der Waals surface area contributed by atoms with E-state index in [9.17, 15) is 10.5 Å². The van der Waals surface area contributed by atoms with E-state index in [0.29, 0.717) is 47.0 Å². The van der Waals surface area contributed by atoms with Gasteiger partial charge in [0.1, 0.15) is 35.1 Å². The highest BCUT2D eigenvalue weighted by Gasteiger charge is 2.09. The third-order valence-electron chi connectivity index (χ3n) is 7.32. The first-order chi connectivity index (χ1) is 23.6. The number of nitrogens with zero attached hydrogens (tertiary/aromatic N) is 7. The zero-order valence-electron chi connectivity index (χ0n) is 25.6. The van der Waals surface area contributed by atoms with Gasteiger partial charge in [-0.25, -0.2) is 9.97 Å². The number of ether oxygens (including phenoxy) is 2. The van der Waals surface area contributed by atoms with E-state index in [1.807, 2.05) is 82.2 Å². The van der Waals surface area contributed by atoms with E-state index in [1.54, 1.807) is 61.4 Å². The number of aromatic nitrogens is 4. The lowest BCUT2D eigenvalue weighted by molar-refractivity contribution is 0.480. The van der Waals surface area contributed by atoms with Gasteiger partial charge in [-0.2, -0.15) is 15.8 Å². The van der Waals surface area contributed by atoms with E-state index in [0.717, 1.165) is 27.6 Å². The van der Waals surface area contributed by atoms with Crippen LogP contribution in [0.2, 0.25) is 0 Å². The van der Waals surface area contributed by atoms with Gasteiger partial charge in [0.25, 0.3) is 0 Å². The van der Waals surface area contributed by atoms with Gasteiger partial charge in [0.2, 0.25) is 0 Å². The van der Waals surface area contributed by atoms with Crippen LogP contribution in [0.15, 0.2) is 141 Å². The molecule has 0 spiro atoms. The van der Waals surface area contributed by atoms with E-state index in [4.69, 9.17) is 14.7 Å². The summed E-state index contributed by atoms with van der Waals surface area (Å²) in [5, 5.41) is 29.8. The average molecular weight is 626 g/mol. The molecule has 0 atom stereocenters. The number of benzene rings is 5. The number of hydrogen-bond acceptors (Lipinski definition) is 7. The number of fused-ring (bicyclic) bond motifs is 1. The minimum atomic E-state index is 0.446. The van der Waals surface area contributed by atoms with Crippen molar-refractivity contribution in [3.63, 3.8) is 0 Å². The smallest absolute Gasteiger partial charge is 0.145 e. The molecule has 0 aliphatic carbocycles. The first kappa shape index (κ1) is 30.9. The van der Waals surface area contributed by atoms with Crippen LogP contribution in [0.4, 0.5) is 0 Å². The summed E-state index contributed by atoms with van der Waals surface area (Å²) in [7, 11) is 0. The van der Waals surface area contributed by atoms with Crippen LogP contribution in [0.5, 0.6) is 23.0 Å². The monoisotopic (exact) mass is 625 g/mol. The van der Waals surface area contributed by atoms with E-state index < -0.39 is 0 Å². The second kappa shape index (κ2) is 14.8. The van der Waals surface area contributed by atoms with Gasteiger partial charge in [-0.3, -0.25) is 0 Å². The fourth-order valence-corrected chi connectivity index (χ4v) is 4.98. The van der Waals surface area contributed by atoms with Crippen molar-refractivity contribution in [3.05, 3.63) is 168 Å². The van der Waals surface area contributed by atoms with Crippen LogP contribution >= 0.6 is 0 Å². The van der Waals surface area contributed by atoms with E-state index >= 15 is 0 Å². The highest BCUT2D eigenvalue weighted by Crippen LogP contribution is 2.30. The molecule has 2 heterocycles. The average Bonchev–Trinajstić information content (AvgIpc) is 3.84. The number of hydrogen-bond donors (Lipinski definition) is 0. The molecule has 0 bridgehead atoms. The Labute approximate surface area is 277 Å². The van der Waals surface area contributed by atoms with Crippen LogP contribution in [0, 0.1) is 34.0 Å². The maximum absolute atomic E-state index is 9.37. The summed E-state index contributed by atoms with van der Waals surface area (Å²) in [5.74, 6) is 2.28. The van der Waals surface area contributed by atoms with Crippen LogP contribution < -0.4 is 9.47 Å². The summed E-state index contributed by atoms with van der Waals surface area (Å²) < 4.78 is 15.7. The summed E-state index contributed by atoms with van der Waals surface area (Å²) in [6, 6.07) is 38.4. The van der Waals surface area contributed by atoms with Crippen LogP contribution in [-0.2, 0) is 13.1 Å². The van der Waals surface area contributed by atoms with Gasteiger partial charge in [-0.05, 0) is 76.5 Å². The highest BCUT2D eigenvalue weighted by molar-refractivity contribution is 5.83. The number of nitriles is 3. The summed E-state index contributed by atoms with van der Waals surface area (Å²) in [6.45, 7) is 1.32. The van der Waals surface area contributed by atoms with Gasteiger partial charge in [-0.15, -0.1) is 0 Å². The van der Waals surface area contributed by atoms with Crippen molar-refractivity contribution < 1.29 is 9.47 Å². The molecule has 7 rings (SSSR count). The van der Waals surface area contributed by atoms with Crippen molar-refractivity contribution >= 4 is 10.8 Å². The normalized spacial score (nSPS) is 10.2. The Morgan fingerprint density at radius 3 is 1.67 bits per heavy atom. The molecule has 5 aromatic carbocycles. The standard InChI is InChI=1S/C21H15N3O.C18H12N4O/c22-13-19-6-5-16(14-24-10-9-23-15-24)11-21(19)25-20-8-7-17-3-1-2-4-18(17)12-20;19-10-14-2-1-3-17(8-14)23-18-9-15(4-5-16(18)11-20)12-22-7-6-21-13-22/h1-12,15H,14H2;1-9,13H,12H2. The van der Waals surface area contributed by atoms with Crippen LogP contribution in [0.1, 0.15) is 27.8 Å². The zero-order valence-corrected chi connectivity index (χ0v) is 25.6. The fraction of sp³-hybridized carbons (Fsp3) is 0.0513. The van der Waals surface area contributed by atoms with E-state index in [1.165, 1.54) is 0 Å². The molecule has 9 heteroatoms. The number of rotatable bonds is 8. The van der Waals surface area contributed by atoms with Crippen molar-refractivity contribution in [2.75, 3.05) is 0 Å². The largest absolute Gasteiger partial charge is 0.456 e. The zero-order chi connectivity index (χ0) is 33.1. The van der Waals surface area contributed by atoms with Crippen molar-refractivity contribution in [2.24, 2.45) is 0 Å². The Bertz CT molecular complexity index is 2290. The second-order valence-corrected chi connectivity index (χ2v) is 10.7. The van der Waals surface area contributed by atoms with Gasteiger partial charge in [0.15, 0.2) is 0 Å². The molecule has 0 amide bonds. The molecule has 0 saturated carbocycles. The summed E-state index contributed by atoms with van der Waals surface area (Å²) in [5.41, 5.74) is 3.51. The Morgan fingerprint density at radius 1 is 0.542 bits per heavy atom. The molecule has 9 nitrogen and oxygen atoms in total. The molecular formula is C39H27N7O2. The van der Waals surface area contributed by atoms with Gasteiger partial charge in [0, 0.05) is 37.9 Å². The first-order valence-electron chi connectivity index (χ1n) is 14.9. The maximum Gasteiger partial charge on any atom is 0.145 e. The van der Waals surface area contributed by atoms with Crippen molar-refractivity contribution in [1.29, 1.82) is 15.8 Å². The molecular weight excluding hydrogens is 598 g/mol. The van der Waals surface area contributed by atoms with Gasteiger partial charge in [-0.1, -0.05) is 48.5 Å². The van der Waals surface area contributed by atoms with Crippen molar-refractivity contribution in [3.8, 4) is 41.2 Å². The molecule has 0 saturated heterocycles. The van der Waals surface area contributed by atoms with E-state index in [2.05, 4.69) is 34.2 Å². The van der Waals surface area contributed by atoms with E-state index in [-0.39, 0.29) is 0 Å². The molecule has 7 aromatic rings. The third kappa shape index (κ3) is 7.73. The summed E-state index contributed by atoms with van der Waals surface area (Å²) in [6.07, 6.45) is 10.7. The summed E-state index contributed by atoms with van der Waals surface area (Å²) >= 11 is 0. The molecule has 0 fully saturated rings. The van der Waals surface area contributed by atoms with Gasteiger partial charge in [0.05, 0.1) is 35.4 Å². The quantitative estimate of drug-likeness (QED) is 0.167. The molecule has 230 valence electrons. The third-order valence-corrected chi connectivity index (χ3v) is 7.32. The first-order valence-corrected chi connectivity index (χ1v) is 14.9. The Morgan fingerprint density at radius 2 is 1.12 bits per heavy atom. The fourth-order valence-electron chi connectivity index (χ4n) is 4.98. The lowest BCUT2D eigenvalue weighted by atomic mass is 10.1. The molecule has 0 unspecified atom stereocenters. The molecule has 0 aliphatic rings. The molecule has 0 aliphatic heterocycles. The minimum absolute atomic E-state index is 0.446. The SMILES string of the molecule is N#Cc1ccc(Cn2ccnc2)cc1Oc1ccc2ccccc2c1.N#Cc1cccc(Oc2cc(Cn3ccnc3)ccc2C#N)c1. The Kier molecular flexibility index (Phi) is 9.48. The lowest BCUT2D eigenvalue weighted by Crippen LogP contribution is -1.98. The Hall–Kier alpha value is -7.15. The predicted molar refractivity (Wildman–Crippen MR) is 180 cm³/mol. The van der Waals surface area contributed by atoms with Gasteiger partial charge >= 0.3 is 0 Å². The predicted octanol–water partition coefficient (Wildman–Crippen LogP) is 8.22. The highest BCUT2D eigenvalue weighted by atomic mass is 16.5. The second-order valence-electron chi connectivity index (χ2n) is 10.7. The van der Waals surface area contributed by atoms with Crippen LogP contribution in [0.3, 0.4) is 0 Å². The Balaban J connectivity index is 0.000000168. The maximum atomic E-state index is 9.37. The van der Waals surface area contributed by atoms with Crippen LogP contribution in [0.25, 0.3) is 10.8 Å². The minimum Gasteiger partial charge on any atom is -0.456 e. The van der Waals surface area contributed by atoms with Gasteiger partial charge < -0.3 is 18.6 Å². The molecule has 0 radical (unpaired) electrons. The van der Waals surface area contributed by atoms with Crippen molar-refractivity contribution in [1.82, 2.24) is 19.1 Å². The number of imidazole rings is 2. The van der Waals surface area contributed by atoms with Crippen LogP contribution in [-0.4, -0.2) is 19.1 Å².